The largest absolute Gasteiger partial charge is 0.297 e. The van der Waals surface area contributed by atoms with Crippen LogP contribution in [0.3, 0.4) is 0 Å². The summed E-state index contributed by atoms with van der Waals surface area (Å²) in [7, 11) is 0. The van der Waals surface area contributed by atoms with Crippen LogP contribution in [0, 0.1) is 0 Å². The number of hydrogen-bond donors (Lipinski definition) is 0. The van der Waals surface area contributed by atoms with Gasteiger partial charge in [0, 0.05) is 16.7 Å². The van der Waals surface area contributed by atoms with E-state index in [1.54, 1.807) is 18.2 Å². The highest BCUT2D eigenvalue weighted by molar-refractivity contribution is 6.18. The molecule has 0 saturated heterocycles. The number of benzene rings is 2. The molecule has 1 heterocycles. The molecule has 2 aromatic carbocycles. The van der Waals surface area contributed by atoms with Crippen LogP contribution in [-0.2, 0) is 5.92 Å². The van der Waals surface area contributed by atoms with Crippen molar-refractivity contribution in [1.82, 2.24) is 0 Å². The Morgan fingerprint density at radius 2 is 1.46 bits per heavy atom. The third-order valence-electron chi connectivity index (χ3n) is 4.92. The van der Waals surface area contributed by atoms with E-state index in [-0.39, 0.29) is 5.56 Å². The van der Waals surface area contributed by atoms with Gasteiger partial charge in [-0.15, -0.1) is 0 Å². The predicted octanol–water partition coefficient (Wildman–Crippen LogP) is 6.03. The van der Waals surface area contributed by atoms with Crippen LogP contribution in [0.15, 0.2) is 77.3 Å². The monoisotopic (exact) mass is 347 g/mol. The van der Waals surface area contributed by atoms with Gasteiger partial charge in [-0.2, -0.15) is 8.78 Å². The minimum atomic E-state index is -3.02. The Hall–Kier alpha value is -2.81. The SMILES string of the molecule is CC1(C)N=C(C2=Cc3ccccc3C=CC=C2)c2ccccc2C1(F)F. The topological polar surface area (TPSA) is 12.4 Å². The number of allylic oxidation sites excluding steroid dienone is 4. The van der Waals surface area contributed by atoms with Crippen LogP contribution < -0.4 is 0 Å². The Morgan fingerprint density at radius 3 is 2.27 bits per heavy atom. The molecule has 4 rings (SSSR count). The number of nitrogens with zero attached hydrogens (tertiary/aromatic N) is 1. The van der Waals surface area contributed by atoms with Crippen LogP contribution in [0.1, 0.15) is 36.1 Å². The normalized spacial score (nSPS) is 19.5. The van der Waals surface area contributed by atoms with Gasteiger partial charge in [0.1, 0.15) is 5.54 Å². The van der Waals surface area contributed by atoms with Crippen molar-refractivity contribution in [2.24, 2.45) is 4.99 Å². The highest BCUT2D eigenvalue weighted by Crippen LogP contribution is 2.46. The summed E-state index contributed by atoms with van der Waals surface area (Å²) in [5, 5.41) is 0. The Morgan fingerprint density at radius 1 is 0.808 bits per heavy atom. The molecular formula is C23H19F2N. The Labute approximate surface area is 152 Å². The summed E-state index contributed by atoms with van der Waals surface area (Å²) in [4.78, 5) is 4.50. The fraction of sp³-hybridized carbons (Fsp3) is 0.174. The number of hydrogen-bond acceptors (Lipinski definition) is 1. The quantitative estimate of drug-likeness (QED) is 0.597. The van der Waals surface area contributed by atoms with Crippen molar-refractivity contribution in [3.8, 4) is 0 Å². The molecule has 1 nitrogen and oxygen atoms in total. The summed E-state index contributed by atoms with van der Waals surface area (Å²) >= 11 is 0. The molecule has 0 atom stereocenters. The third-order valence-corrected chi connectivity index (χ3v) is 4.92. The summed E-state index contributed by atoms with van der Waals surface area (Å²) < 4.78 is 29.9. The van der Waals surface area contributed by atoms with Gasteiger partial charge in [-0.05, 0) is 31.1 Å². The lowest BCUT2D eigenvalue weighted by Crippen LogP contribution is -2.44. The maximum absolute atomic E-state index is 14.9. The fourth-order valence-electron chi connectivity index (χ4n) is 3.40. The van der Waals surface area contributed by atoms with Gasteiger partial charge in [0.15, 0.2) is 0 Å². The van der Waals surface area contributed by atoms with E-state index in [1.807, 2.05) is 54.6 Å². The van der Waals surface area contributed by atoms with Crippen LogP contribution in [0.2, 0.25) is 0 Å². The van der Waals surface area contributed by atoms with Gasteiger partial charge >= 0.3 is 0 Å². The van der Waals surface area contributed by atoms with Crippen molar-refractivity contribution < 1.29 is 8.78 Å². The van der Waals surface area contributed by atoms with Gasteiger partial charge in [0.2, 0.25) is 0 Å². The zero-order valence-electron chi connectivity index (χ0n) is 14.7. The van der Waals surface area contributed by atoms with Crippen LogP contribution in [0.4, 0.5) is 8.78 Å². The van der Waals surface area contributed by atoms with Crippen molar-refractivity contribution in [1.29, 1.82) is 0 Å². The molecule has 2 aromatic rings. The summed E-state index contributed by atoms with van der Waals surface area (Å²) in [5.41, 5.74) is 2.59. The first-order chi connectivity index (χ1) is 12.4. The molecule has 0 unspecified atom stereocenters. The van der Waals surface area contributed by atoms with E-state index in [2.05, 4.69) is 4.99 Å². The molecule has 2 aliphatic rings. The molecule has 1 aliphatic carbocycles. The van der Waals surface area contributed by atoms with E-state index in [0.29, 0.717) is 11.3 Å². The Bertz CT molecular complexity index is 991. The van der Waals surface area contributed by atoms with Crippen molar-refractivity contribution in [2.75, 3.05) is 0 Å². The summed E-state index contributed by atoms with van der Waals surface area (Å²) in [5.74, 6) is -3.02. The third kappa shape index (κ3) is 2.55. The average Bonchev–Trinajstić information content (AvgIpc) is 2.60. The van der Waals surface area contributed by atoms with Gasteiger partial charge in [-0.3, -0.25) is 4.99 Å². The molecule has 0 spiro atoms. The summed E-state index contributed by atoms with van der Waals surface area (Å²) in [6, 6.07) is 14.7. The highest BCUT2D eigenvalue weighted by Gasteiger charge is 2.52. The number of fused-ring (bicyclic) bond motifs is 2. The standard InChI is InChI=1S/C23H19F2N/c1-22(2)23(24,25)20-14-8-7-13-19(20)21(26-22)18-12-6-4-10-16-9-3-5-11-17(16)15-18/h3-15H,1-2H3. The van der Waals surface area contributed by atoms with E-state index >= 15 is 0 Å². The van der Waals surface area contributed by atoms with E-state index in [9.17, 15) is 8.78 Å². The summed E-state index contributed by atoms with van der Waals surface area (Å²) in [6.07, 6.45) is 9.87. The second-order valence-electron chi connectivity index (χ2n) is 7.09. The molecule has 0 radical (unpaired) electrons. The number of halogens is 2. The molecule has 0 saturated carbocycles. The fourth-order valence-corrected chi connectivity index (χ4v) is 3.40. The molecule has 26 heavy (non-hydrogen) atoms. The number of rotatable bonds is 1. The lowest BCUT2D eigenvalue weighted by atomic mass is 9.81. The lowest BCUT2D eigenvalue weighted by Gasteiger charge is -2.37. The van der Waals surface area contributed by atoms with E-state index in [4.69, 9.17) is 0 Å². The predicted molar refractivity (Wildman–Crippen MR) is 104 cm³/mol. The number of aliphatic imine (C=N–C) groups is 1. The first-order valence-electron chi connectivity index (χ1n) is 8.63. The zero-order valence-corrected chi connectivity index (χ0v) is 14.7. The second kappa shape index (κ2) is 5.87. The van der Waals surface area contributed by atoms with Crippen molar-refractivity contribution in [2.45, 2.75) is 25.3 Å². The van der Waals surface area contributed by atoms with Crippen LogP contribution >= 0.6 is 0 Å². The smallest absolute Gasteiger partial charge is 0.271 e. The molecule has 130 valence electrons. The molecule has 0 N–H and O–H groups in total. The molecular weight excluding hydrogens is 328 g/mol. The van der Waals surface area contributed by atoms with E-state index in [1.165, 1.54) is 19.9 Å². The van der Waals surface area contributed by atoms with Gasteiger partial charge in [0.25, 0.3) is 5.92 Å². The summed E-state index contributed by atoms with van der Waals surface area (Å²) in [6.45, 7) is 2.98. The van der Waals surface area contributed by atoms with Crippen molar-refractivity contribution in [3.05, 3.63) is 94.6 Å². The maximum Gasteiger partial charge on any atom is 0.297 e. The maximum atomic E-state index is 14.9. The molecule has 0 aromatic heterocycles. The van der Waals surface area contributed by atoms with Crippen LogP contribution in [0.5, 0.6) is 0 Å². The second-order valence-corrected chi connectivity index (χ2v) is 7.09. The van der Waals surface area contributed by atoms with Crippen LogP contribution in [0.25, 0.3) is 12.2 Å². The van der Waals surface area contributed by atoms with Crippen molar-refractivity contribution in [3.63, 3.8) is 0 Å². The first-order valence-corrected chi connectivity index (χ1v) is 8.63. The van der Waals surface area contributed by atoms with E-state index < -0.39 is 11.5 Å². The highest BCUT2D eigenvalue weighted by atomic mass is 19.3. The lowest BCUT2D eigenvalue weighted by molar-refractivity contribution is -0.0681. The van der Waals surface area contributed by atoms with Gasteiger partial charge in [-0.1, -0.05) is 72.8 Å². The Balaban J connectivity index is 1.95. The van der Waals surface area contributed by atoms with E-state index in [0.717, 1.165) is 16.7 Å². The minimum absolute atomic E-state index is 0.0372. The van der Waals surface area contributed by atoms with Gasteiger partial charge in [-0.25, -0.2) is 0 Å². The van der Waals surface area contributed by atoms with Crippen LogP contribution in [-0.4, -0.2) is 11.3 Å². The van der Waals surface area contributed by atoms with Crippen molar-refractivity contribution >= 4 is 17.9 Å². The Kier molecular flexibility index (Phi) is 3.76. The zero-order chi connectivity index (χ0) is 18.4. The van der Waals surface area contributed by atoms with Gasteiger partial charge in [0.05, 0.1) is 5.71 Å². The minimum Gasteiger partial charge on any atom is -0.271 e. The molecule has 0 fully saturated rings. The molecule has 1 aliphatic heterocycles. The number of alkyl halides is 2. The molecule has 3 heteroatoms. The van der Waals surface area contributed by atoms with Gasteiger partial charge < -0.3 is 0 Å². The average molecular weight is 347 g/mol. The molecule has 0 amide bonds. The molecule has 0 bridgehead atoms. The first kappa shape index (κ1) is 16.6.